The van der Waals surface area contributed by atoms with Crippen LogP contribution in [0.15, 0.2) is 17.1 Å². The fourth-order valence-corrected chi connectivity index (χ4v) is 2.58. The van der Waals surface area contributed by atoms with Crippen LogP contribution in [0.5, 0.6) is 5.75 Å². The Morgan fingerprint density at radius 2 is 2.14 bits per heavy atom. The number of nitrogens with one attached hydrogen (secondary N) is 1. The normalized spacial score (nSPS) is 15.1. The summed E-state index contributed by atoms with van der Waals surface area (Å²) in [5, 5.41) is 4.41. The zero-order chi connectivity index (χ0) is 15.2. The van der Waals surface area contributed by atoms with Crippen molar-refractivity contribution in [2.45, 2.75) is 6.92 Å². The molecule has 1 N–H and O–H groups in total. The predicted molar refractivity (Wildman–Crippen MR) is 89.6 cm³/mol. The molecule has 112 valence electrons. The lowest BCUT2D eigenvalue weighted by molar-refractivity contribution is 0.0253. The second kappa shape index (κ2) is 7.59. The van der Waals surface area contributed by atoms with Gasteiger partial charge in [0.25, 0.3) is 0 Å². The van der Waals surface area contributed by atoms with Crippen LogP contribution in [0.3, 0.4) is 0 Å². The number of methoxy groups -OCH3 is 1. The lowest BCUT2D eigenvalue weighted by Crippen LogP contribution is -2.48. The van der Waals surface area contributed by atoms with Gasteiger partial charge >= 0.3 is 0 Å². The lowest BCUT2D eigenvalue weighted by atomic mass is 10.1. The Morgan fingerprint density at radius 3 is 2.76 bits per heavy atom. The van der Waals surface area contributed by atoms with Gasteiger partial charge in [-0.3, -0.25) is 0 Å². The first-order valence-electron chi connectivity index (χ1n) is 6.56. The maximum absolute atomic E-state index is 5.50. The molecule has 0 atom stereocenters. The van der Waals surface area contributed by atoms with Gasteiger partial charge in [0, 0.05) is 13.1 Å². The van der Waals surface area contributed by atoms with Gasteiger partial charge in [0.05, 0.1) is 36.7 Å². The zero-order valence-corrected chi connectivity index (χ0v) is 13.6. The van der Waals surface area contributed by atoms with Crippen LogP contribution < -0.4 is 10.2 Å². The Balaban J connectivity index is 2.27. The van der Waals surface area contributed by atoms with Crippen LogP contribution in [0, 0.1) is 6.92 Å². The molecule has 0 spiro atoms. The molecule has 0 aliphatic carbocycles. The number of rotatable bonds is 4. The average Bonchev–Trinajstić information content (AvgIpc) is 2.48. The number of thiocarbonyl (C=S) groups is 2. The molecule has 0 radical (unpaired) electrons. The van der Waals surface area contributed by atoms with Crippen molar-refractivity contribution in [3.63, 3.8) is 0 Å². The first-order chi connectivity index (χ1) is 10.2. The molecule has 1 aliphatic heterocycles. The summed E-state index contributed by atoms with van der Waals surface area (Å²) in [5.41, 5.74) is 5.68. The summed E-state index contributed by atoms with van der Waals surface area (Å²) in [4.78, 5) is 4.62. The second-order valence-corrected chi connectivity index (χ2v) is 5.18. The van der Waals surface area contributed by atoms with Crippen LogP contribution in [-0.2, 0) is 4.74 Å². The number of benzene rings is 1. The van der Waals surface area contributed by atoms with Crippen LogP contribution in [0.2, 0.25) is 0 Å². The largest absolute Gasteiger partial charge is 0.496 e. The van der Waals surface area contributed by atoms with Gasteiger partial charge in [0.1, 0.15) is 10.7 Å². The Morgan fingerprint density at radius 1 is 1.43 bits per heavy atom. The van der Waals surface area contributed by atoms with E-state index in [2.05, 4.69) is 27.8 Å². The van der Waals surface area contributed by atoms with Crippen LogP contribution in [-0.4, -0.2) is 48.6 Å². The minimum Gasteiger partial charge on any atom is -0.496 e. The van der Waals surface area contributed by atoms with Crippen molar-refractivity contribution in [1.82, 2.24) is 10.4 Å². The molecule has 0 saturated carbocycles. The third-order valence-corrected chi connectivity index (χ3v) is 3.56. The summed E-state index contributed by atoms with van der Waals surface area (Å²) >= 11 is 10.2. The highest BCUT2D eigenvalue weighted by Crippen LogP contribution is 2.29. The van der Waals surface area contributed by atoms with E-state index >= 15 is 0 Å². The predicted octanol–water partition coefficient (Wildman–Crippen LogP) is 2.25. The first kappa shape index (κ1) is 16.0. The molecule has 1 fully saturated rings. The molecular formula is C14H17N3O2S2. The molecule has 21 heavy (non-hydrogen) atoms. The number of aliphatic imine (C=N–C) groups is 1. The summed E-state index contributed by atoms with van der Waals surface area (Å²) < 4.78 is 10.8. The van der Waals surface area contributed by atoms with E-state index in [4.69, 9.17) is 21.7 Å². The van der Waals surface area contributed by atoms with Gasteiger partial charge in [-0.1, -0.05) is 12.2 Å². The van der Waals surface area contributed by atoms with E-state index in [9.17, 15) is 0 Å². The molecule has 0 amide bonds. The number of hydrogen-bond donors (Lipinski definition) is 1. The van der Waals surface area contributed by atoms with E-state index in [-0.39, 0.29) is 0 Å². The molecule has 7 heteroatoms. The minimum atomic E-state index is 0.596. The Kier molecular flexibility index (Phi) is 5.78. The van der Waals surface area contributed by atoms with E-state index in [0.29, 0.717) is 23.9 Å². The van der Waals surface area contributed by atoms with Gasteiger partial charge in [-0.25, -0.2) is 5.01 Å². The zero-order valence-electron chi connectivity index (χ0n) is 12.0. The van der Waals surface area contributed by atoms with Gasteiger partial charge in [-0.05, 0) is 36.8 Å². The molecular weight excluding hydrogens is 306 g/mol. The number of hydrazine groups is 1. The van der Waals surface area contributed by atoms with Gasteiger partial charge < -0.3 is 14.9 Å². The van der Waals surface area contributed by atoms with Crippen LogP contribution >= 0.6 is 24.4 Å². The van der Waals surface area contributed by atoms with Crippen molar-refractivity contribution in [1.29, 1.82) is 0 Å². The van der Waals surface area contributed by atoms with Crippen molar-refractivity contribution in [3.8, 4) is 5.75 Å². The first-order valence-corrected chi connectivity index (χ1v) is 7.37. The molecule has 0 bridgehead atoms. The molecule has 2 rings (SSSR count). The summed E-state index contributed by atoms with van der Waals surface area (Å²) in [6.45, 7) is 4.92. The Hall–Kier alpha value is -1.37. The summed E-state index contributed by atoms with van der Waals surface area (Å²) in [7, 11) is 1.63. The Labute approximate surface area is 134 Å². The van der Waals surface area contributed by atoms with Crippen LogP contribution in [0.1, 0.15) is 11.1 Å². The molecule has 1 saturated heterocycles. The van der Waals surface area contributed by atoms with Gasteiger partial charge in [0.15, 0.2) is 0 Å². The standard InChI is InChI=1S/C14H17N3O2S2/c1-10-7-11(15-9-20)8-12(13(10)18-2)14(21)16-17-3-5-19-6-4-17/h7-8H,3-6H2,1-2H3,(H,16,21). The number of ether oxygens (including phenoxy) is 2. The summed E-state index contributed by atoms with van der Waals surface area (Å²) in [5.74, 6) is 0.740. The van der Waals surface area contributed by atoms with Gasteiger partial charge in [-0.15, -0.1) is 0 Å². The van der Waals surface area contributed by atoms with E-state index in [1.165, 1.54) is 0 Å². The van der Waals surface area contributed by atoms with Crippen molar-refractivity contribution in [2.75, 3.05) is 33.4 Å². The molecule has 5 nitrogen and oxygen atoms in total. The second-order valence-electron chi connectivity index (χ2n) is 4.59. The molecule has 1 aromatic rings. The van der Waals surface area contributed by atoms with Gasteiger partial charge in [0.2, 0.25) is 0 Å². The molecule has 1 heterocycles. The number of morpholine rings is 1. The number of nitrogens with zero attached hydrogens (tertiary/aromatic N) is 2. The highest BCUT2D eigenvalue weighted by molar-refractivity contribution is 7.80. The number of hydrogen-bond acceptors (Lipinski definition) is 6. The van der Waals surface area contributed by atoms with E-state index in [0.717, 1.165) is 30.0 Å². The van der Waals surface area contributed by atoms with E-state index in [1.807, 2.05) is 24.1 Å². The van der Waals surface area contributed by atoms with E-state index < -0.39 is 0 Å². The maximum atomic E-state index is 5.50. The Bertz CT molecular complexity index is 580. The summed E-state index contributed by atoms with van der Waals surface area (Å²) in [6, 6.07) is 3.74. The topological polar surface area (TPSA) is 46.1 Å². The van der Waals surface area contributed by atoms with Crippen LogP contribution in [0.25, 0.3) is 0 Å². The SMILES string of the molecule is COc1c(C)cc(N=C=S)cc1C(=S)NN1CCOCC1. The maximum Gasteiger partial charge on any atom is 0.132 e. The highest BCUT2D eigenvalue weighted by Gasteiger charge is 2.17. The molecule has 0 unspecified atom stereocenters. The smallest absolute Gasteiger partial charge is 0.132 e. The van der Waals surface area contributed by atoms with Gasteiger partial charge in [-0.2, -0.15) is 4.99 Å². The molecule has 0 aromatic heterocycles. The van der Waals surface area contributed by atoms with Crippen molar-refractivity contribution < 1.29 is 9.47 Å². The quantitative estimate of drug-likeness (QED) is 0.677. The van der Waals surface area contributed by atoms with E-state index in [1.54, 1.807) is 7.11 Å². The number of isothiocyanates is 1. The lowest BCUT2D eigenvalue weighted by Gasteiger charge is -2.28. The van der Waals surface area contributed by atoms with Crippen LogP contribution in [0.4, 0.5) is 5.69 Å². The minimum absolute atomic E-state index is 0.596. The number of aryl methyl sites for hydroxylation is 1. The van der Waals surface area contributed by atoms with Crippen molar-refractivity contribution >= 4 is 40.3 Å². The summed E-state index contributed by atoms with van der Waals surface area (Å²) in [6.07, 6.45) is 0. The molecule has 1 aromatic carbocycles. The third-order valence-electron chi connectivity index (χ3n) is 3.15. The highest BCUT2D eigenvalue weighted by atomic mass is 32.1. The average molecular weight is 323 g/mol. The fourth-order valence-electron chi connectivity index (χ4n) is 2.19. The van der Waals surface area contributed by atoms with Crippen molar-refractivity contribution in [3.05, 3.63) is 23.3 Å². The molecule has 1 aliphatic rings. The third kappa shape index (κ3) is 4.06. The van der Waals surface area contributed by atoms with Crippen molar-refractivity contribution in [2.24, 2.45) is 4.99 Å². The fraction of sp³-hybridized carbons (Fsp3) is 0.429. The monoisotopic (exact) mass is 323 g/mol.